The number of ether oxygens (including phenoxy) is 1. The number of carbonyl (C=O) groups is 1. The standard InChI is InChI=1S/C14H17Cl3N2O2/c15-10-4-12(17)13(5-11(10)16)21-8-14(20)19-7-9-2-1-3-18-6-9/h4-5,9,18H,1-3,6-8H2,(H,19,20). The second kappa shape index (κ2) is 8.08. The van der Waals surface area contributed by atoms with Gasteiger partial charge in [-0.05, 0) is 37.9 Å². The summed E-state index contributed by atoms with van der Waals surface area (Å²) in [7, 11) is 0. The molecular weight excluding hydrogens is 335 g/mol. The fourth-order valence-electron chi connectivity index (χ4n) is 2.17. The lowest BCUT2D eigenvalue weighted by molar-refractivity contribution is -0.123. The van der Waals surface area contributed by atoms with Gasteiger partial charge in [-0.25, -0.2) is 0 Å². The number of nitrogens with one attached hydrogen (secondary N) is 2. The van der Waals surface area contributed by atoms with Crippen molar-refractivity contribution in [2.24, 2.45) is 5.92 Å². The van der Waals surface area contributed by atoms with Crippen molar-refractivity contribution in [3.05, 3.63) is 27.2 Å². The molecule has 116 valence electrons. The maximum absolute atomic E-state index is 11.8. The first-order chi connectivity index (χ1) is 10.1. The number of benzene rings is 1. The molecule has 7 heteroatoms. The molecule has 0 radical (unpaired) electrons. The van der Waals surface area contributed by atoms with E-state index in [0.29, 0.717) is 33.3 Å². The molecule has 1 saturated heterocycles. The summed E-state index contributed by atoms with van der Waals surface area (Å²) in [5.74, 6) is 0.652. The van der Waals surface area contributed by atoms with Crippen molar-refractivity contribution >= 4 is 40.7 Å². The van der Waals surface area contributed by atoms with Crippen LogP contribution in [0.4, 0.5) is 0 Å². The number of carbonyl (C=O) groups excluding carboxylic acids is 1. The number of amides is 1. The number of halogens is 3. The maximum atomic E-state index is 11.8. The zero-order valence-electron chi connectivity index (χ0n) is 11.4. The molecule has 0 aromatic heterocycles. The van der Waals surface area contributed by atoms with Gasteiger partial charge in [-0.3, -0.25) is 4.79 Å². The van der Waals surface area contributed by atoms with E-state index in [1.54, 1.807) is 0 Å². The Morgan fingerprint density at radius 2 is 2.05 bits per heavy atom. The molecule has 1 aromatic carbocycles. The van der Waals surface area contributed by atoms with Crippen LogP contribution in [0.2, 0.25) is 15.1 Å². The Labute approximate surface area is 139 Å². The van der Waals surface area contributed by atoms with Gasteiger partial charge in [-0.2, -0.15) is 0 Å². The second-order valence-electron chi connectivity index (χ2n) is 5.00. The predicted octanol–water partition coefficient (Wildman–Crippen LogP) is 3.14. The highest BCUT2D eigenvalue weighted by Gasteiger charge is 2.14. The molecular formula is C14H17Cl3N2O2. The Kier molecular flexibility index (Phi) is 6.42. The predicted molar refractivity (Wildman–Crippen MR) is 85.6 cm³/mol. The molecule has 21 heavy (non-hydrogen) atoms. The van der Waals surface area contributed by atoms with E-state index >= 15 is 0 Å². The second-order valence-corrected chi connectivity index (χ2v) is 6.22. The summed E-state index contributed by atoms with van der Waals surface area (Å²) in [5.41, 5.74) is 0. The van der Waals surface area contributed by atoms with Crippen LogP contribution in [0.5, 0.6) is 5.75 Å². The van der Waals surface area contributed by atoms with Crippen molar-refractivity contribution in [2.75, 3.05) is 26.2 Å². The van der Waals surface area contributed by atoms with E-state index in [1.165, 1.54) is 12.1 Å². The van der Waals surface area contributed by atoms with Gasteiger partial charge in [0.2, 0.25) is 0 Å². The summed E-state index contributed by atoms with van der Waals surface area (Å²) in [6, 6.07) is 3.00. The Morgan fingerprint density at radius 3 is 2.76 bits per heavy atom. The van der Waals surface area contributed by atoms with Crippen LogP contribution < -0.4 is 15.4 Å². The van der Waals surface area contributed by atoms with Crippen molar-refractivity contribution in [3.8, 4) is 5.75 Å². The van der Waals surface area contributed by atoms with Crippen LogP contribution in [0, 0.1) is 5.92 Å². The largest absolute Gasteiger partial charge is 0.482 e. The molecule has 0 bridgehead atoms. The minimum absolute atomic E-state index is 0.0994. The van der Waals surface area contributed by atoms with E-state index < -0.39 is 0 Å². The lowest BCUT2D eigenvalue weighted by Gasteiger charge is -2.22. The summed E-state index contributed by atoms with van der Waals surface area (Å²) >= 11 is 17.7. The fraction of sp³-hybridized carbons (Fsp3) is 0.500. The van der Waals surface area contributed by atoms with Gasteiger partial charge in [0.15, 0.2) is 6.61 Å². The normalized spacial score (nSPS) is 18.3. The van der Waals surface area contributed by atoms with Crippen molar-refractivity contribution in [1.82, 2.24) is 10.6 Å². The molecule has 2 N–H and O–H groups in total. The molecule has 0 aliphatic carbocycles. The van der Waals surface area contributed by atoms with Gasteiger partial charge >= 0.3 is 0 Å². The number of hydrogen-bond donors (Lipinski definition) is 2. The van der Waals surface area contributed by atoms with Crippen LogP contribution in [0.15, 0.2) is 12.1 Å². The van der Waals surface area contributed by atoms with Crippen LogP contribution in [0.25, 0.3) is 0 Å². The first-order valence-electron chi connectivity index (χ1n) is 6.81. The molecule has 0 spiro atoms. The van der Waals surface area contributed by atoms with Crippen molar-refractivity contribution in [2.45, 2.75) is 12.8 Å². The average molecular weight is 352 g/mol. The summed E-state index contributed by atoms with van der Waals surface area (Å²) in [5, 5.41) is 7.19. The van der Waals surface area contributed by atoms with Gasteiger partial charge in [0.1, 0.15) is 5.75 Å². The summed E-state index contributed by atoms with van der Waals surface area (Å²) in [6.45, 7) is 2.56. The molecule has 1 fully saturated rings. The maximum Gasteiger partial charge on any atom is 0.257 e. The third-order valence-corrected chi connectivity index (χ3v) is 4.34. The van der Waals surface area contributed by atoms with E-state index in [0.717, 1.165) is 25.9 Å². The van der Waals surface area contributed by atoms with Crippen LogP contribution in [-0.4, -0.2) is 32.1 Å². The van der Waals surface area contributed by atoms with Crippen LogP contribution in [0.1, 0.15) is 12.8 Å². The fourth-order valence-corrected chi connectivity index (χ4v) is 2.76. The Bertz CT molecular complexity index is 505. The topological polar surface area (TPSA) is 50.4 Å². The zero-order valence-corrected chi connectivity index (χ0v) is 13.7. The minimum atomic E-state index is -0.178. The number of hydrogen-bond acceptors (Lipinski definition) is 3. The molecule has 1 aromatic rings. The van der Waals surface area contributed by atoms with E-state index in [9.17, 15) is 4.79 Å². The van der Waals surface area contributed by atoms with Crippen LogP contribution in [0.3, 0.4) is 0 Å². The van der Waals surface area contributed by atoms with E-state index in [2.05, 4.69) is 10.6 Å². The van der Waals surface area contributed by atoms with Crippen molar-refractivity contribution < 1.29 is 9.53 Å². The molecule has 1 unspecified atom stereocenters. The van der Waals surface area contributed by atoms with Gasteiger partial charge in [0.25, 0.3) is 5.91 Å². The van der Waals surface area contributed by atoms with Gasteiger partial charge in [0.05, 0.1) is 15.1 Å². The van der Waals surface area contributed by atoms with Gasteiger partial charge in [-0.15, -0.1) is 0 Å². The Morgan fingerprint density at radius 1 is 1.29 bits per heavy atom. The first kappa shape index (κ1) is 16.7. The molecule has 1 amide bonds. The molecule has 1 heterocycles. The third kappa shape index (κ3) is 5.22. The minimum Gasteiger partial charge on any atom is -0.482 e. The van der Waals surface area contributed by atoms with E-state index in [1.807, 2.05) is 0 Å². The number of piperidine rings is 1. The molecule has 1 aliphatic rings. The van der Waals surface area contributed by atoms with Gasteiger partial charge in [-0.1, -0.05) is 34.8 Å². The van der Waals surface area contributed by atoms with E-state index in [4.69, 9.17) is 39.5 Å². The monoisotopic (exact) mass is 350 g/mol. The lowest BCUT2D eigenvalue weighted by atomic mass is 10.00. The molecule has 2 rings (SSSR count). The Balaban J connectivity index is 1.77. The molecule has 0 saturated carbocycles. The molecule has 4 nitrogen and oxygen atoms in total. The van der Waals surface area contributed by atoms with Gasteiger partial charge < -0.3 is 15.4 Å². The van der Waals surface area contributed by atoms with Crippen molar-refractivity contribution in [1.29, 1.82) is 0 Å². The summed E-state index contributed by atoms with van der Waals surface area (Å²) in [4.78, 5) is 11.8. The van der Waals surface area contributed by atoms with Gasteiger partial charge in [0, 0.05) is 12.6 Å². The third-order valence-electron chi connectivity index (χ3n) is 3.32. The number of rotatable bonds is 5. The molecule has 1 atom stereocenters. The average Bonchev–Trinajstić information content (AvgIpc) is 2.48. The Hall–Kier alpha value is -0.680. The highest BCUT2D eigenvalue weighted by molar-refractivity contribution is 6.43. The van der Waals surface area contributed by atoms with E-state index in [-0.39, 0.29) is 12.5 Å². The quantitative estimate of drug-likeness (QED) is 0.801. The highest BCUT2D eigenvalue weighted by atomic mass is 35.5. The molecule has 1 aliphatic heterocycles. The smallest absolute Gasteiger partial charge is 0.257 e. The zero-order chi connectivity index (χ0) is 15.2. The summed E-state index contributed by atoms with van der Waals surface area (Å²) < 4.78 is 5.37. The highest BCUT2D eigenvalue weighted by Crippen LogP contribution is 2.33. The lowest BCUT2D eigenvalue weighted by Crippen LogP contribution is -2.39. The SMILES string of the molecule is O=C(COc1cc(Cl)c(Cl)cc1Cl)NCC1CCCNC1. The van der Waals surface area contributed by atoms with Crippen LogP contribution in [-0.2, 0) is 4.79 Å². The van der Waals surface area contributed by atoms with Crippen LogP contribution >= 0.6 is 34.8 Å². The summed E-state index contributed by atoms with van der Waals surface area (Å²) in [6.07, 6.45) is 2.28. The first-order valence-corrected chi connectivity index (χ1v) is 7.94. The van der Waals surface area contributed by atoms with Crippen molar-refractivity contribution in [3.63, 3.8) is 0 Å².